The Morgan fingerprint density at radius 3 is 2.53 bits per heavy atom. The molecule has 0 aliphatic carbocycles. The maximum atomic E-state index is 12.8. The van der Waals surface area contributed by atoms with Gasteiger partial charge in [-0.05, 0) is 34.7 Å². The van der Waals surface area contributed by atoms with E-state index in [0.717, 1.165) is 38.3 Å². The van der Waals surface area contributed by atoms with Crippen LogP contribution in [0.2, 0.25) is 0 Å². The molecule has 2 fully saturated rings. The molecule has 9 heteroatoms. The van der Waals surface area contributed by atoms with E-state index in [2.05, 4.69) is 38.7 Å². The zero-order valence-corrected chi connectivity index (χ0v) is 17.4. The monoisotopic (exact) mass is 425 g/mol. The Morgan fingerprint density at radius 1 is 0.967 bits per heavy atom. The number of imide groups is 1. The molecule has 8 nitrogen and oxygen atoms in total. The Kier molecular flexibility index (Phi) is 4.92. The number of carbonyl (C=O) groups excluding carboxylic acids is 3. The molecule has 0 saturated carbocycles. The highest BCUT2D eigenvalue weighted by Crippen LogP contribution is 2.27. The van der Waals surface area contributed by atoms with Gasteiger partial charge in [-0.2, -0.15) is 0 Å². The minimum absolute atomic E-state index is 0.189. The van der Waals surface area contributed by atoms with Crippen LogP contribution in [0.15, 0.2) is 35.7 Å². The van der Waals surface area contributed by atoms with Gasteiger partial charge >= 0.3 is 6.03 Å². The number of carbonyl (C=O) groups is 3. The first-order valence-electron chi connectivity index (χ1n) is 10.1. The van der Waals surface area contributed by atoms with Crippen molar-refractivity contribution >= 4 is 34.2 Å². The topological polar surface area (TPSA) is 76.2 Å². The van der Waals surface area contributed by atoms with Crippen LogP contribution in [0.5, 0.6) is 0 Å². The summed E-state index contributed by atoms with van der Waals surface area (Å²) in [4.78, 5) is 41.1. The van der Waals surface area contributed by atoms with Crippen molar-refractivity contribution in [1.82, 2.24) is 20.2 Å². The fourth-order valence-electron chi connectivity index (χ4n) is 4.27. The largest absolute Gasteiger partial charge is 0.361 e. The molecule has 1 aromatic heterocycles. The summed E-state index contributed by atoms with van der Waals surface area (Å²) in [6.07, 6.45) is 0.203. The molecule has 0 bridgehead atoms. The Hall–Kier alpha value is -2.91. The maximum absolute atomic E-state index is 12.8. The van der Waals surface area contributed by atoms with E-state index >= 15 is 0 Å². The average molecular weight is 426 g/mol. The van der Waals surface area contributed by atoms with E-state index < -0.39 is 6.03 Å². The van der Waals surface area contributed by atoms with E-state index in [-0.39, 0.29) is 24.8 Å². The molecule has 30 heavy (non-hydrogen) atoms. The average Bonchev–Trinajstić information content (AvgIpc) is 3.37. The third kappa shape index (κ3) is 3.54. The highest BCUT2D eigenvalue weighted by Gasteiger charge is 2.36. The normalized spacial score (nSPS) is 20.0. The van der Waals surface area contributed by atoms with Crippen molar-refractivity contribution in [1.29, 1.82) is 0 Å². The third-order valence-corrected chi connectivity index (χ3v) is 6.80. The van der Waals surface area contributed by atoms with E-state index in [1.54, 1.807) is 11.3 Å². The van der Waals surface area contributed by atoms with Crippen molar-refractivity contribution < 1.29 is 14.4 Å². The number of hydrogen-bond acceptors (Lipinski definition) is 6. The van der Waals surface area contributed by atoms with Gasteiger partial charge in [-0.15, -0.1) is 11.3 Å². The number of fused-ring (bicyclic) bond motifs is 1. The molecule has 0 atom stereocenters. The molecule has 4 heterocycles. The molecule has 3 aliphatic heterocycles. The molecule has 1 N–H and O–H groups in total. The van der Waals surface area contributed by atoms with Crippen LogP contribution in [0, 0.1) is 0 Å². The standard InChI is InChI=1S/C21H23N5O3S/c27-18-5-6-25(21(29)22-18)26-14-16-12-15(3-4-17(16)20(26)28)13-23-7-9-24(10-8-23)19-2-1-11-30-19/h1-4,11-12H,5-10,13-14H2,(H,22,27,29). The minimum atomic E-state index is -0.531. The first kappa shape index (κ1) is 19.1. The molecule has 4 amide bonds. The first-order chi connectivity index (χ1) is 14.6. The van der Waals surface area contributed by atoms with E-state index in [4.69, 9.17) is 0 Å². The summed E-state index contributed by atoms with van der Waals surface area (Å²) in [5, 5.41) is 8.50. The zero-order valence-electron chi connectivity index (χ0n) is 16.5. The van der Waals surface area contributed by atoms with Gasteiger partial charge in [-0.25, -0.2) is 14.8 Å². The van der Waals surface area contributed by atoms with Crippen LogP contribution in [0.3, 0.4) is 0 Å². The number of thiophene rings is 1. The first-order valence-corrected chi connectivity index (χ1v) is 11.0. The van der Waals surface area contributed by atoms with Gasteiger partial charge in [0, 0.05) is 44.7 Å². The molecule has 2 saturated heterocycles. The molecular weight excluding hydrogens is 402 g/mol. The van der Waals surface area contributed by atoms with E-state index in [1.807, 2.05) is 12.1 Å². The molecule has 3 aliphatic rings. The quantitative estimate of drug-likeness (QED) is 0.810. The zero-order chi connectivity index (χ0) is 20.7. The van der Waals surface area contributed by atoms with E-state index in [9.17, 15) is 14.4 Å². The van der Waals surface area contributed by atoms with Gasteiger partial charge in [-0.3, -0.25) is 19.8 Å². The third-order valence-electron chi connectivity index (χ3n) is 5.87. The summed E-state index contributed by atoms with van der Waals surface area (Å²) in [6, 6.07) is 9.67. The Balaban J connectivity index is 1.23. The number of piperazine rings is 1. The van der Waals surface area contributed by atoms with Crippen molar-refractivity contribution in [3.8, 4) is 0 Å². The second-order valence-electron chi connectivity index (χ2n) is 7.80. The fourth-order valence-corrected chi connectivity index (χ4v) is 5.06. The summed E-state index contributed by atoms with van der Waals surface area (Å²) in [6.45, 7) is 5.46. The molecule has 0 radical (unpaired) electrons. The molecule has 0 unspecified atom stereocenters. The molecule has 1 aromatic carbocycles. The number of hydrogen-bond donors (Lipinski definition) is 1. The number of amides is 4. The van der Waals surface area contributed by atoms with Crippen LogP contribution in [0.4, 0.5) is 9.80 Å². The van der Waals surface area contributed by atoms with Crippen molar-refractivity contribution in [2.45, 2.75) is 19.5 Å². The van der Waals surface area contributed by atoms with Crippen LogP contribution < -0.4 is 10.2 Å². The molecule has 5 rings (SSSR count). The number of anilines is 1. The number of nitrogens with zero attached hydrogens (tertiary/aromatic N) is 4. The SMILES string of the molecule is O=C1CCN(N2Cc3cc(CN4CCN(c5cccs5)CC4)ccc3C2=O)C(=O)N1. The smallest absolute Gasteiger partial charge is 0.342 e. The highest BCUT2D eigenvalue weighted by atomic mass is 32.1. The summed E-state index contributed by atoms with van der Waals surface area (Å²) in [5.74, 6) is -0.493. The van der Waals surface area contributed by atoms with Gasteiger partial charge in [0.25, 0.3) is 5.91 Å². The van der Waals surface area contributed by atoms with Crippen molar-refractivity contribution in [2.75, 3.05) is 37.6 Å². The Bertz CT molecular complexity index is 985. The van der Waals surface area contributed by atoms with Crippen LogP contribution in [-0.2, 0) is 17.9 Å². The second-order valence-corrected chi connectivity index (χ2v) is 8.72. The van der Waals surface area contributed by atoms with Crippen molar-refractivity contribution in [3.05, 3.63) is 52.4 Å². The fraction of sp³-hybridized carbons (Fsp3) is 0.381. The van der Waals surface area contributed by atoms with Gasteiger partial charge in [0.05, 0.1) is 18.1 Å². The van der Waals surface area contributed by atoms with Gasteiger partial charge < -0.3 is 4.90 Å². The second kappa shape index (κ2) is 7.73. The van der Waals surface area contributed by atoms with Gasteiger partial charge in [0.1, 0.15) is 0 Å². The lowest BCUT2D eigenvalue weighted by molar-refractivity contribution is -0.123. The Morgan fingerprint density at radius 2 is 1.80 bits per heavy atom. The Labute approximate surface area is 178 Å². The number of benzene rings is 1. The number of urea groups is 1. The van der Waals surface area contributed by atoms with E-state index in [0.29, 0.717) is 12.1 Å². The van der Waals surface area contributed by atoms with Gasteiger partial charge in [0.15, 0.2) is 0 Å². The lowest BCUT2D eigenvalue weighted by atomic mass is 10.1. The molecule has 156 valence electrons. The maximum Gasteiger partial charge on any atom is 0.342 e. The molecule has 0 spiro atoms. The highest BCUT2D eigenvalue weighted by molar-refractivity contribution is 7.14. The number of rotatable bonds is 4. The predicted octanol–water partition coefficient (Wildman–Crippen LogP) is 1.88. The molecular formula is C21H23N5O3S. The van der Waals surface area contributed by atoms with E-state index in [1.165, 1.54) is 20.6 Å². The predicted molar refractivity (Wildman–Crippen MR) is 113 cm³/mol. The summed E-state index contributed by atoms with van der Waals surface area (Å²) in [7, 11) is 0. The number of hydrazine groups is 1. The van der Waals surface area contributed by atoms with Crippen LogP contribution in [-0.4, -0.2) is 65.5 Å². The van der Waals surface area contributed by atoms with Gasteiger partial charge in [0.2, 0.25) is 5.91 Å². The summed E-state index contributed by atoms with van der Waals surface area (Å²) >= 11 is 1.78. The van der Waals surface area contributed by atoms with Crippen LogP contribution in [0.1, 0.15) is 27.9 Å². The lowest BCUT2D eigenvalue weighted by Gasteiger charge is -2.35. The summed E-state index contributed by atoms with van der Waals surface area (Å²) in [5.41, 5.74) is 2.73. The van der Waals surface area contributed by atoms with Crippen molar-refractivity contribution in [3.63, 3.8) is 0 Å². The number of nitrogens with one attached hydrogen (secondary N) is 1. The van der Waals surface area contributed by atoms with Crippen LogP contribution >= 0.6 is 11.3 Å². The minimum Gasteiger partial charge on any atom is -0.361 e. The van der Waals surface area contributed by atoms with Crippen LogP contribution in [0.25, 0.3) is 0 Å². The molecule has 2 aromatic rings. The summed E-state index contributed by atoms with van der Waals surface area (Å²) < 4.78 is 0. The lowest BCUT2D eigenvalue weighted by Crippen LogP contribution is -2.56. The van der Waals surface area contributed by atoms with Crippen molar-refractivity contribution in [2.24, 2.45) is 0 Å². The van der Waals surface area contributed by atoms with Gasteiger partial charge in [-0.1, -0.05) is 12.1 Å².